The Kier molecular flexibility index (Phi) is 4.31. The van der Waals surface area contributed by atoms with Crippen molar-refractivity contribution < 1.29 is 14.7 Å². The smallest absolute Gasteiger partial charge is 0.326 e. The number of carbonyl (C=O) groups is 2. The zero-order valence-corrected chi connectivity index (χ0v) is 12.5. The van der Waals surface area contributed by atoms with Crippen LogP contribution in [0, 0.1) is 13.8 Å². The number of H-pyrrole nitrogens is 1. The average molecular weight is 288 g/mol. The molecule has 0 spiro atoms. The minimum Gasteiger partial charge on any atom is -0.480 e. The summed E-state index contributed by atoms with van der Waals surface area (Å²) >= 11 is 0. The third kappa shape index (κ3) is 3.07. The second-order valence-electron chi connectivity index (χ2n) is 5.29. The van der Waals surface area contributed by atoms with Crippen molar-refractivity contribution >= 4 is 22.8 Å². The normalized spacial score (nSPS) is 12.3. The van der Waals surface area contributed by atoms with E-state index < -0.39 is 12.0 Å². The Morgan fingerprint density at radius 1 is 1.33 bits per heavy atom. The summed E-state index contributed by atoms with van der Waals surface area (Å²) in [6.07, 6.45) is 1.12. The number of amides is 1. The zero-order valence-electron chi connectivity index (χ0n) is 12.5. The summed E-state index contributed by atoms with van der Waals surface area (Å²) in [5.74, 6) is -1.35. The number of hydrogen-bond donors (Lipinski definition) is 3. The number of aromatic nitrogens is 1. The minimum absolute atomic E-state index is 0.351. The van der Waals surface area contributed by atoms with Crippen LogP contribution in [0.4, 0.5) is 0 Å². The fourth-order valence-electron chi connectivity index (χ4n) is 2.39. The van der Waals surface area contributed by atoms with Gasteiger partial charge >= 0.3 is 5.97 Å². The summed E-state index contributed by atoms with van der Waals surface area (Å²) in [6.45, 7) is 5.86. The topological polar surface area (TPSA) is 82.2 Å². The van der Waals surface area contributed by atoms with Crippen LogP contribution in [0.2, 0.25) is 0 Å². The molecule has 2 rings (SSSR count). The van der Waals surface area contributed by atoms with E-state index in [0.29, 0.717) is 18.4 Å². The molecule has 0 saturated heterocycles. The molecular weight excluding hydrogens is 268 g/mol. The number of aliphatic carboxylic acids is 1. The van der Waals surface area contributed by atoms with Crippen LogP contribution in [0.3, 0.4) is 0 Å². The second-order valence-corrected chi connectivity index (χ2v) is 5.29. The van der Waals surface area contributed by atoms with Gasteiger partial charge < -0.3 is 15.4 Å². The van der Waals surface area contributed by atoms with E-state index in [1.54, 1.807) is 12.1 Å². The molecule has 0 aliphatic heterocycles. The van der Waals surface area contributed by atoms with Gasteiger partial charge in [-0.2, -0.15) is 0 Å². The van der Waals surface area contributed by atoms with Crippen molar-refractivity contribution in [2.24, 2.45) is 0 Å². The molecule has 5 heteroatoms. The lowest BCUT2D eigenvalue weighted by Crippen LogP contribution is -2.40. The molecule has 5 nitrogen and oxygen atoms in total. The van der Waals surface area contributed by atoms with Crippen LogP contribution in [0.5, 0.6) is 0 Å². The van der Waals surface area contributed by atoms with Crippen molar-refractivity contribution in [3.8, 4) is 0 Å². The van der Waals surface area contributed by atoms with E-state index in [1.165, 1.54) is 0 Å². The highest BCUT2D eigenvalue weighted by Crippen LogP contribution is 2.22. The number of carbonyl (C=O) groups excluding carboxylic acids is 1. The quantitative estimate of drug-likeness (QED) is 0.791. The van der Waals surface area contributed by atoms with Crippen LogP contribution in [0.25, 0.3) is 10.9 Å². The van der Waals surface area contributed by atoms with E-state index in [4.69, 9.17) is 5.11 Å². The highest BCUT2D eigenvalue weighted by atomic mass is 16.4. The molecule has 21 heavy (non-hydrogen) atoms. The number of nitrogens with one attached hydrogen (secondary N) is 2. The Bertz CT molecular complexity index is 688. The maximum atomic E-state index is 12.2. The van der Waals surface area contributed by atoms with Crippen LogP contribution in [0.15, 0.2) is 18.2 Å². The first-order valence-electron chi connectivity index (χ1n) is 7.06. The fourth-order valence-corrected chi connectivity index (χ4v) is 2.39. The van der Waals surface area contributed by atoms with Gasteiger partial charge in [0, 0.05) is 22.2 Å². The number of aromatic amines is 1. The molecule has 0 fully saturated rings. The molecule has 0 unspecified atom stereocenters. The first kappa shape index (κ1) is 15.1. The van der Waals surface area contributed by atoms with Crippen LogP contribution >= 0.6 is 0 Å². The van der Waals surface area contributed by atoms with Gasteiger partial charge in [-0.3, -0.25) is 4.79 Å². The molecule has 3 N–H and O–H groups in total. The van der Waals surface area contributed by atoms with Gasteiger partial charge in [0.25, 0.3) is 5.91 Å². The Morgan fingerprint density at radius 2 is 2.05 bits per heavy atom. The summed E-state index contributed by atoms with van der Waals surface area (Å²) in [5.41, 5.74) is 3.62. The number of rotatable bonds is 5. The monoisotopic (exact) mass is 288 g/mol. The molecule has 1 aromatic heterocycles. The van der Waals surface area contributed by atoms with Gasteiger partial charge in [-0.15, -0.1) is 0 Å². The molecule has 0 bridgehead atoms. The lowest BCUT2D eigenvalue weighted by atomic mass is 10.1. The number of carboxylic acids is 1. The molecule has 112 valence electrons. The summed E-state index contributed by atoms with van der Waals surface area (Å²) in [5, 5.41) is 12.7. The van der Waals surface area contributed by atoms with Crippen molar-refractivity contribution in [2.45, 2.75) is 39.7 Å². The summed E-state index contributed by atoms with van der Waals surface area (Å²) in [4.78, 5) is 26.6. The SMILES string of the molecule is CCC[C@@H](NC(=O)c1ccc2[nH]c(C)c(C)c2c1)C(=O)O. The van der Waals surface area contributed by atoms with Crippen molar-refractivity contribution in [1.82, 2.24) is 10.3 Å². The van der Waals surface area contributed by atoms with Gasteiger partial charge in [-0.1, -0.05) is 13.3 Å². The lowest BCUT2D eigenvalue weighted by molar-refractivity contribution is -0.139. The van der Waals surface area contributed by atoms with Gasteiger partial charge in [0.15, 0.2) is 0 Å². The molecule has 0 aliphatic rings. The van der Waals surface area contributed by atoms with Crippen molar-refractivity contribution in [3.63, 3.8) is 0 Å². The zero-order chi connectivity index (χ0) is 15.6. The average Bonchev–Trinajstić information content (AvgIpc) is 2.73. The van der Waals surface area contributed by atoms with E-state index in [2.05, 4.69) is 10.3 Å². The summed E-state index contributed by atoms with van der Waals surface area (Å²) in [7, 11) is 0. The number of fused-ring (bicyclic) bond motifs is 1. The molecule has 1 amide bonds. The maximum Gasteiger partial charge on any atom is 0.326 e. The molecule has 0 saturated carbocycles. The number of benzene rings is 1. The molecule has 2 aromatic rings. The van der Waals surface area contributed by atoms with Crippen molar-refractivity contribution in [3.05, 3.63) is 35.0 Å². The predicted octanol–water partition coefficient (Wildman–Crippen LogP) is 2.77. The van der Waals surface area contributed by atoms with Gasteiger partial charge in [0.2, 0.25) is 0 Å². The number of hydrogen-bond acceptors (Lipinski definition) is 2. The van der Waals surface area contributed by atoms with Gasteiger partial charge in [0.05, 0.1) is 0 Å². The highest BCUT2D eigenvalue weighted by Gasteiger charge is 2.20. The van der Waals surface area contributed by atoms with Crippen LogP contribution < -0.4 is 5.32 Å². The first-order valence-corrected chi connectivity index (χ1v) is 7.06. The van der Waals surface area contributed by atoms with Crippen molar-refractivity contribution in [2.75, 3.05) is 0 Å². The third-order valence-electron chi connectivity index (χ3n) is 3.75. The summed E-state index contributed by atoms with van der Waals surface area (Å²) < 4.78 is 0. The van der Waals surface area contributed by atoms with Gasteiger partial charge in [-0.25, -0.2) is 4.79 Å². The highest BCUT2D eigenvalue weighted by molar-refractivity contribution is 6.00. The first-order chi connectivity index (χ1) is 9.93. The Morgan fingerprint density at radius 3 is 2.67 bits per heavy atom. The molecule has 1 atom stereocenters. The largest absolute Gasteiger partial charge is 0.480 e. The number of aryl methyl sites for hydroxylation is 2. The fraction of sp³-hybridized carbons (Fsp3) is 0.375. The van der Waals surface area contributed by atoms with E-state index in [-0.39, 0.29) is 5.91 Å². The predicted molar refractivity (Wildman–Crippen MR) is 81.6 cm³/mol. The van der Waals surface area contributed by atoms with Crippen LogP contribution in [0.1, 0.15) is 41.4 Å². The van der Waals surface area contributed by atoms with E-state index in [0.717, 1.165) is 22.2 Å². The van der Waals surface area contributed by atoms with E-state index in [9.17, 15) is 9.59 Å². The molecular formula is C16H20N2O3. The molecule has 0 aliphatic carbocycles. The van der Waals surface area contributed by atoms with E-state index >= 15 is 0 Å². The number of carboxylic acid groups (broad SMARTS) is 1. The second kappa shape index (κ2) is 5.99. The van der Waals surface area contributed by atoms with E-state index in [1.807, 2.05) is 26.8 Å². The third-order valence-corrected chi connectivity index (χ3v) is 3.75. The van der Waals surface area contributed by atoms with Crippen molar-refractivity contribution in [1.29, 1.82) is 0 Å². The van der Waals surface area contributed by atoms with Crippen LogP contribution in [-0.4, -0.2) is 28.0 Å². The van der Waals surface area contributed by atoms with Gasteiger partial charge in [0.1, 0.15) is 6.04 Å². The Hall–Kier alpha value is -2.30. The lowest BCUT2D eigenvalue weighted by Gasteiger charge is -2.13. The molecule has 1 heterocycles. The van der Waals surface area contributed by atoms with Gasteiger partial charge in [-0.05, 0) is 44.0 Å². The minimum atomic E-state index is -1.00. The Balaban J connectivity index is 2.26. The molecule has 1 aromatic carbocycles. The van der Waals surface area contributed by atoms with Crippen LogP contribution in [-0.2, 0) is 4.79 Å². The summed E-state index contributed by atoms with van der Waals surface area (Å²) in [6, 6.07) is 4.51. The Labute approximate surface area is 123 Å². The molecule has 0 radical (unpaired) electrons. The maximum absolute atomic E-state index is 12.2. The standard InChI is InChI=1S/C16H20N2O3/c1-4-5-14(16(20)21)18-15(19)11-6-7-13-12(8-11)9(2)10(3)17-13/h6-8,14,17H,4-5H2,1-3H3,(H,18,19)(H,20,21)/t14-/m1/s1.